The molecule has 1 amide bonds. The number of hydrogen-bond donors (Lipinski definition) is 1. The molecule has 0 aliphatic carbocycles. The van der Waals surface area contributed by atoms with Crippen molar-refractivity contribution >= 4 is 28.8 Å². The number of aryl methyl sites for hydroxylation is 1. The molecule has 3 aromatic rings. The average molecular weight is 358 g/mol. The number of hydrogen-bond acceptors (Lipinski definition) is 5. The summed E-state index contributed by atoms with van der Waals surface area (Å²) in [5, 5.41) is 3.47. The largest absolute Gasteiger partial charge is 0.455 e. The zero-order valence-corrected chi connectivity index (χ0v) is 15.5. The number of carbonyl (C=O) groups excluding carboxylic acids is 1. The van der Waals surface area contributed by atoms with Crippen LogP contribution in [0.3, 0.4) is 0 Å². The SMILES string of the molecule is Cc1ccc2oc(SCc3ccc(C(=O)NCCC(C)C)o3)nc2c1. The minimum atomic E-state index is -0.172. The first-order valence-corrected chi connectivity index (χ1v) is 9.37. The van der Waals surface area contributed by atoms with Crippen molar-refractivity contribution in [3.63, 3.8) is 0 Å². The van der Waals surface area contributed by atoms with E-state index in [0.29, 0.717) is 29.2 Å². The summed E-state index contributed by atoms with van der Waals surface area (Å²) in [5.41, 5.74) is 2.78. The van der Waals surface area contributed by atoms with Gasteiger partial charge in [0.15, 0.2) is 11.3 Å². The number of carbonyl (C=O) groups is 1. The fourth-order valence-electron chi connectivity index (χ4n) is 2.35. The van der Waals surface area contributed by atoms with Gasteiger partial charge in [-0.1, -0.05) is 31.7 Å². The second-order valence-electron chi connectivity index (χ2n) is 6.44. The quantitative estimate of drug-likeness (QED) is 0.615. The molecule has 0 bridgehead atoms. The molecule has 5 nitrogen and oxygen atoms in total. The van der Waals surface area contributed by atoms with Gasteiger partial charge in [-0.3, -0.25) is 4.79 Å². The summed E-state index contributed by atoms with van der Waals surface area (Å²) in [4.78, 5) is 16.5. The molecule has 0 aliphatic rings. The highest BCUT2D eigenvalue weighted by atomic mass is 32.2. The van der Waals surface area contributed by atoms with Gasteiger partial charge in [0, 0.05) is 6.54 Å². The van der Waals surface area contributed by atoms with Gasteiger partial charge in [0.1, 0.15) is 11.3 Å². The van der Waals surface area contributed by atoms with Crippen molar-refractivity contribution in [1.29, 1.82) is 0 Å². The van der Waals surface area contributed by atoms with E-state index in [1.807, 2.05) is 31.2 Å². The van der Waals surface area contributed by atoms with Crippen LogP contribution in [0.15, 0.2) is 44.4 Å². The van der Waals surface area contributed by atoms with E-state index in [2.05, 4.69) is 24.1 Å². The van der Waals surface area contributed by atoms with Crippen molar-refractivity contribution in [3.8, 4) is 0 Å². The van der Waals surface area contributed by atoms with Crippen molar-refractivity contribution in [1.82, 2.24) is 10.3 Å². The van der Waals surface area contributed by atoms with E-state index >= 15 is 0 Å². The number of benzene rings is 1. The maximum Gasteiger partial charge on any atom is 0.286 e. The summed E-state index contributed by atoms with van der Waals surface area (Å²) < 4.78 is 11.3. The number of aromatic nitrogens is 1. The van der Waals surface area contributed by atoms with Crippen LogP contribution in [0, 0.1) is 12.8 Å². The predicted molar refractivity (Wildman–Crippen MR) is 98.8 cm³/mol. The van der Waals surface area contributed by atoms with E-state index in [1.165, 1.54) is 11.8 Å². The Bertz CT molecular complexity index is 867. The van der Waals surface area contributed by atoms with Crippen LogP contribution >= 0.6 is 11.8 Å². The lowest BCUT2D eigenvalue weighted by Gasteiger charge is -2.05. The first-order valence-electron chi connectivity index (χ1n) is 8.38. The van der Waals surface area contributed by atoms with Crippen LogP contribution in [0.4, 0.5) is 0 Å². The Morgan fingerprint density at radius 3 is 2.88 bits per heavy atom. The second-order valence-corrected chi connectivity index (χ2v) is 7.37. The molecule has 0 unspecified atom stereocenters. The molecule has 1 aromatic carbocycles. The van der Waals surface area contributed by atoms with Gasteiger partial charge in [-0.2, -0.15) is 0 Å². The molecule has 0 radical (unpaired) electrons. The highest BCUT2D eigenvalue weighted by Gasteiger charge is 2.13. The minimum absolute atomic E-state index is 0.172. The van der Waals surface area contributed by atoms with Crippen LogP contribution < -0.4 is 5.32 Å². The standard InChI is InChI=1S/C19H22N2O3S/c1-12(2)8-9-20-18(22)17-7-5-14(23-17)11-25-19-21-15-10-13(3)4-6-16(15)24-19/h4-7,10,12H,8-9,11H2,1-3H3,(H,20,22). The molecule has 132 valence electrons. The van der Waals surface area contributed by atoms with E-state index < -0.39 is 0 Å². The fourth-order valence-corrected chi connectivity index (χ4v) is 3.08. The van der Waals surface area contributed by atoms with Crippen molar-refractivity contribution in [3.05, 3.63) is 47.4 Å². The molecule has 0 fully saturated rings. The second kappa shape index (κ2) is 7.78. The third-order valence-corrected chi connectivity index (χ3v) is 4.60. The summed E-state index contributed by atoms with van der Waals surface area (Å²) in [7, 11) is 0. The monoisotopic (exact) mass is 358 g/mol. The van der Waals surface area contributed by atoms with E-state index in [4.69, 9.17) is 8.83 Å². The number of oxazole rings is 1. The Labute approximate surface area is 151 Å². The van der Waals surface area contributed by atoms with Crippen LogP contribution in [-0.2, 0) is 5.75 Å². The fraction of sp³-hybridized carbons (Fsp3) is 0.368. The molecule has 6 heteroatoms. The molecule has 0 spiro atoms. The Morgan fingerprint density at radius 2 is 2.08 bits per heavy atom. The Kier molecular flexibility index (Phi) is 5.48. The van der Waals surface area contributed by atoms with Gasteiger partial charge in [0.2, 0.25) is 0 Å². The first-order chi connectivity index (χ1) is 12.0. The van der Waals surface area contributed by atoms with Gasteiger partial charge in [0.25, 0.3) is 11.1 Å². The van der Waals surface area contributed by atoms with Gasteiger partial charge in [-0.05, 0) is 49.1 Å². The lowest BCUT2D eigenvalue weighted by atomic mass is 10.1. The van der Waals surface area contributed by atoms with Crippen LogP contribution in [0.5, 0.6) is 0 Å². The van der Waals surface area contributed by atoms with Crippen molar-refractivity contribution in [2.75, 3.05) is 6.54 Å². The van der Waals surface area contributed by atoms with Crippen LogP contribution in [0.25, 0.3) is 11.1 Å². The lowest BCUT2D eigenvalue weighted by Crippen LogP contribution is -2.24. The zero-order chi connectivity index (χ0) is 17.8. The molecular formula is C19H22N2O3S. The van der Waals surface area contributed by atoms with Crippen molar-refractivity contribution in [2.45, 2.75) is 38.2 Å². The zero-order valence-electron chi connectivity index (χ0n) is 14.7. The third kappa shape index (κ3) is 4.66. The molecule has 3 rings (SSSR count). The summed E-state index contributed by atoms with van der Waals surface area (Å²) in [6, 6.07) is 9.44. The van der Waals surface area contributed by atoms with Gasteiger partial charge in [-0.15, -0.1) is 0 Å². The summed E-state index contributed by atoms with van der Waals surface area (Å²) in [5.74, 6) is 2.01. The van der Waals surface area contributed by atoms with Crippen LogP contribution in [-0.4, -0.2) is 17.4 Å². The lowest BCUT2D eigenvalue weighted by molar-refractivity contribution is 0.0923. The average Bonchev–Trinajstić information content (AvgIpc) is 3.18. The number of fused-ring (bicyclic) bond motifs is 1. The molecule has 0 aliphatic heterocycles. The molecule has 0 saturated carbocycles. The smallest absolute Gasteiger partial charge is 0.286 e. The van der Waals surface area contributed by atoms with Gasteiger partial charge in [0.05, 0.1) is 5.75 Å². The Hall–Kier alpha value is -2.21. The van der Waals surface area contributed by atoms with Gasteiger partial charge < -0.3 is 14.2 Å². The number of nitrogens with zero attached hydrogens (tertiary/aromatic N) is 1. The number of nitrogens with one attached hydrogen (secondary N) is 1. The minimum Gasteiger partial charge on any atom is -0.455 e. The molecule has 2 heterocycles. The number of amides is 1. The topological polar surface area (TPSA) is 68.3 Å². The van der Waals surface area contributed by atoms with Crippen LogP contribution in [0.1, 0.15) is 42.1 Å². The predicted octanol–water partition coefficient (Wildman–Crippen LogP) is 4.80. The van der Waals surface area contributed by atoms with Crippen molar-refractivity contribution < 1.29 is 13.6 Å². The van der Waals surface area contributed by atoms with Crippen LogP contribution in [0.2, 0.25) is 0 Å². The molecule has 0 atom stereocenters. The van der Waals surface area contributed by atoms with Gasteiger partial charge >= 0.3 is 0 Å². The summed E-state index contributed by atoms with van der Waals surface area (Å²) in [6.07, 6.45) is 0.951. The maximum absolute atomic E-state index is 12.0. The van der Waals surface area contributed by atoms with E-state index in [0.717, 1.165) is 28.8 Å². The molecule has 1 N–H and O–H groups in total. The maximum atomic E-state index is 12.0. The highest BCUT2D eigenvalue weighted by Crippen LogP contribution is 2.27. The molecule has 0 saturated heterocycles. The molecule has 2 aromatic heterocycles. The third-order valence-electron chi connectivity index (χ3n) is 3.75. The number of furan rings is 1. The molecular weight excluding hydrogens is 336 g/mol. The normalized spacial score (nSPS) is 11.4. The van der Waals surface area contributed by atoms with Crippen molar-refractivity contribution in [2.24, 2.45) is 5.92 Å². The summed E-state index contributed by atoms with van der Waals surface area (Å²) in [6.45, 7) is 6.94. The Balaban J connectivity index is 1.56. The van der Waals surface area contributed by atoms with E-state index in [-0.39, 0.29) is 5.91 Å². The number of rotatable bonds is 7. The van der Waals surface area contributed by atoms with Gasteiger partial charge in [-0.25, -0.2) is 4.98 Å². The number of thioether (sulfide) groups is 1. The first kappa shape index (κ1) is 17.6. The highest BCUT2D eigenvalue weighted by molar-refractivity contribution is 7.98. The Morgan fingerprint density at radius 1 is 1.24 bits per heavy atom. The summed E-state index contributed by atoms with van der Waals surface area (Å²) >= 11 is 1.45. The van der Waals surface area contributed by atoms with E-state index in [1.54, 1.807) is 6.07 Å². The van der Waals surface area contributed by atoms with E-state index in [9.17, 15) is 4.79 Å². The molecule has 25 heavy (non-hydrogen) atoms.